The zero-order chi connectivity index (χ0) is 14.8. The summed E-state index contributed by atoms with van der Waals surface area (Å²) < 4.78 is 12.1. The van der Waals surface area contributed by atoms with E-state index < -0.39 is 0 Å². The molecule has 20 heavy (non-hydrogen) atoms. The minimum atomic E-state index is -0.0532. The van der Waals surface area contributed by atoms with Gasteiger partial charge in [0.1, 0.15) is 17.8 Å². The lowest BCUT2D eigenvalue weighted by molar-refractivity contribution is 0.404. The number of hydrogen-bond acceptors (Lipinski definition) is 4. The van der Waals surface area contributed by atoms with Crippen LogP contribution in [0.3, 0.4) is 0 Å². The van der Waals surface area contributed by atoms with Gasteiger partial charge in [-0.05, 0) is 46.2 Å². The van der Waals surface area contributed by atoms with Gasteiger partial charge in [0.25, 0.3) is 0 Å². The normalized spacial score (nSPS) is 11.2. The Morgan fingerprint density at radius 3 is 2.55 bits per heavy atom. The first kappa shape index (κ1) is 15.0. The van der Waals surface area contributed by atoms with Gasteiger partial charge < -0.3 is 9.47 Å². The van der Waals surface area contributed by atoms with E-state index in [9.17, 15) is 0 Å². The van der Waals surface area contributed by atoms with Crippen molar-refractivity contribution in [1.82, 2.24) is 9.97 Å². The summed E-state index contributed by atoms with van der Waals surface area (Å²) in [6, 6.07) is 5.81. The minimum absolute atomic E-state index is 0.0532. The number of nitrogens with zero attached hydrogens (tertiary/aromatic N) is 2. The Hall–Kier alpha value is -1.37. The highest BCUT2D eigenvalue weighted by atomic mass is 127. The number of benzene rings is 1. The van der Waals surface area contributed by atoms with Gasteiger partial charge in [0.15, 0.2) is 0 Å². The molecule has 0 amide bonds. The number of ether oxygens (including phenoxy) is 2. The van der Waals surface area contributed by atoms with Gasteiger partial charge in [-0.1, -0.05) is 20.8 Å². The smallest absolute Gasteiger partial charge is 0.235 e. The third kappa shape index (κ3) is 3.39. The number of rotatable bonds is 3. The van der Waals surface area contributed by atoms with Crippen molar-refractivity contribution in [2.75, 3.05) is 7.11 Å². The third-order valence-electron chi connectivity index (χ3n) is 2.84. The lowest BCUT2D eigenvalue weighted by Crippen LogP contribution is -2.13. The molecule has 0 bridgehead atoms. The van der Waals surface area contributed by atoms with E-state index in [0.717, 1.165) is 20.6 Å². The zero-order valence-corrected chi connectivity index (χ0v) is 14.1. The van der Waals surface area contributed by atoms with Crippen LogP contribution >= 0.6 is 22.6 Å². The number of aromatic nitrogens is 2. The van der Waals surface area contributed by atoms with Gasteiger partial charge in [-0.15, -0.1) is 0 Å². The molecule has 0 aliphatic heterocycles. The Kier molecular flexibility index (Phi) is 4.47. The van der Waals surface area contributed by atoms with E-state index >= 15 is 0 Å². The van der Waals surface area contributed by atoms with Crippen molar-refractivity contribution in [3.8, 4) is 17.4 Å². The van der Waals surface area contributed by atoms with Crippen LogP contribution in [0.2, 0.25) is 0 Å². The summed E-state index contributed by atoms with van der Waals surface area (Å²) in [5.74, 6) is 2.17. The molecular weight excluding hydrogens is 367 g/mol. The molecule has 0 N–H and O–H groups in total. The molecular formula is C15H17IN2O2. The van der Waals surface area contributed by atoms with Crippen molar-refractivity contribution in [2.24, 2.45) is 0 Å². The molecule has 1 aromatic carbocycles. The standard InChI is InChI=1S/C15H17IN2O2/c1-15(2,3)11-7-10(19-4)5-6-13(11)20-14-12(16)8-17-9-18-14/h5-9H,1-4H3. The van der Waals surface area contributed by atoms with Crippen molar-refractivity contribution in [1.29, 1.82) is 0 Å². The maximum absolute atomic E-state index is 5.95. The summed E-state index contributed by atoms with van der Waals surface area (Å²) in [4.78, 5) is 8.13. The van der Waals surface area contributed by atoms with Crippen LogP contribution in [0.5, 0.6) is 17.4 Å². The Labute approximate surface area is 132 Å². The quantitative estimate of drug-likeness (QED) is 0.745. The molecule has 2 aromatic rings. The fourth-order valence-electron chi connectivity index (χ4n) is 1.79. The van der Waals surface area contributed by atoms with Gasteiger partial charge in [0.2, 0.25) is 5.88 Å². The number of halogens is 1. The van der Waals surface area contributed by atoms with E-state index in [2.05, 4.69) is 53.3 Å². The maximum Gasteiger partial charge on any atom is 0.235 e. The maximum atomic E-state index is 5.95. The fraction of sp³-hybridized carbons (Fsp3) is 0.333. The van der Waals surface area contributed by atoms with Crippen molar-refractivity contribution < 1.29 is 9.47 Å². The average molecular weight is 384 g/mol. The first-order chi connectivity index (χ1) is 9.41. The Morgan fingerprint density at radius 1 is 1.20 bits per heavy atom. The molecule has 0 aliphatic carbocycles. The SMILES string of the molecule is COc1ccc(Oc2ncncc2I)c(C(C)(C)C)c1. The summed E-state index contributed by atoms with van der Waals surface area (Å²) in [5.41, 5.74) is 1.02. The zero-order valence-electron chi connectivity index (χ0n) is 12.0. The van der Waals surface area contributed by atoms with Gasteiger partial charge in [-0.2, -0.15) is 0 Å². The van der Waals surface area contributed by atoms with E-state index in [-0.39, 0.29) is 5.41 Å². The lowest BCUT2D eigenvalue weighted by atomic mass is 9.86. The molecule has 106 valence electrons. The van der Waals surface area contributed by atoms with Gasteiger partial charge >= 0.3 is 0 Å². The summed E-state index contributed by atoms with van der Waals surface area (Å²) >= 11 is 2.16. The first-order valence-corrected chi connectivity index (χ1v) is 7.31. The molecule has 0 radical (unpaired) electrons. The van der Waals surface area contributed by atoms with E-state index in [1.165, 1.54) is 6.33 Å². The largest absolute Gasteiger partial charge is 0.497 e. The molecule has 0 unspecified atom stereocenters. The van der Waals surface area contributed by atoms with E-state index in [4.69, 9.17) is 9.47 Å². The van der Waals surface area contributed by atoms with Crippen LogP contribution < -0.4 is 9.47 Å². The molecule has 0 fully saturated rings. The summed E-state index contributed by atoms with van der Waals surface area (Å²) in [6.07, 6.45) is 3.21. The molecule has 2 rings (SSSR count). The molecule has 0 saturated carbocycles. The predicted molar refractivity (Wildman–Crippen MR) is 86.5 cm³/mol. The second kappa shape index (κ2) is 5.95. The van der Waals surface area contributed by atoms with E-state index in [1.54, 1.807) is 13.3 Å². The summed E-state index contributed by atoms with van der Waals surface area (Å²) in [7, 11) is 1.66. The topological polar surface area (TPSA) is 44.2 Å². The van der Waals surface area contributed by atoms with Crippen molar-refractivity contribution >= 4 is 22.6 Å². The Balaban J connectivity index is 2.44. The molecule has 1 heterocycles. The predicted octanol–water partition coefficient (Wildman–Crippen LogP) is 4.18. The molecule has 0 spiro atoms. The highest BCUT2D eigenvalue weighted by Crippen LogP contribution is 2.36. The third-order valence-corrected chi connectivity index (χ3v) is 3.58. The second-order valence-electron chi connectivity index (χ2n) is 5.39. The monoisotopic (exact) mass is 384 g/mol. The van der Waals surface area contributed by atoms with Gasteiger partial charge in [0, 0.05) is 11.8 Å². The molecule has 0 aliphatic rings. The van der Waals surface area contributed by atoms with Crippen LogP contribution in [0.4, 0.5) is 0 Å². The minimum Gasteiger partial charge on any atom is -0.497 e. The summed E-state index contributed by atoms with van der Waals surface area (Å²) in [5, 5.41) is 0. The molecule has 5 heteroatoms. The van der Waals surface area contributed by atoms with Gasteiger partial charge in [0.05, 0.1) is 10.7 Å². The lowest BCUT2D eigenvalue weighted by Gasteiger charge is -2.23. The van der Waals surface area contributed by atoms with Crippen LogP contribution in [0, 0.1) is 3.57 Å². The highest BCUT2D eigenvalue weighted by Gasteiger charge is 2.21. The Morgan fingerprint density at radius 2 is 1.95 bits per heavy atom. The molecule has 4 nitrogen and oxygen atoms in total. The Bertz CT molecular complexity index is 609. The van der Waals surface area contributed by atoms with Crippen LogP contribution in [0.25, 0.3) is 0 Å². The van der Waals surface area contributed by atoms with Crippen molar-refractivity contribution in [3.05, 3.63) is 39.9 Å². The van der Waals surface area contributed by atoms with Crippen LogP contribution in [0.15, 0.2) is 30.7 Å². The molecule has 0 atom stereocenters. The number of methoxy groups -OCH3 is 1. The second-order valence-corrected chi connectivity index (χ2v) is 6.55. The van der Waals surface area contributed by atoms with Gasteiger partial charge in [-0.3, -0.25) is 0 Å². The van der Waals surface area contributed by atoms with Crippen LogP contribution in [-0.4, -0.2) is 17.1 Å². The number of hydrogen-bond donors (Lipinski definition) is 0. The first-order valence-electron chi connectivity index (χ1n) is 6.23. The van der Waals surface area contributed by atoms with Crippen LogP contribution in [0.1, 0.15) is 26.3 Å². The van der Waals surface area contributed by atoms with E-state index in [0.29, 0.717) is 5.88 Å². The molecule has 1 aromatic heterocycles. The average Bonchev–Trinajstić information content (AvgIpc) is 2.40. The van der Waals surface area contributed by atoms with Crippen molar-refractivity contribution in [2.45, 2.75) is 26.2 Å². The van der Waals surface area contributed by atoms with Crippen LogP contribution in [-0.2, 0) is 5.41 Å². The highest BCUT2D eigenvalue weighted by molar-refractivity contribution is 14.1. The van der Waals surface area contributed by atoms with E-state index in [1.807, 2.05) is 18.2 Å². The van der Waals surface area contributed by atoms with Crippen molar-refractivity contribution in [3.63, 3.8) is 0 Å². The summed E-state index contributed by atoms with van der Waals surface area (Å²) in [6.45, 7) is 6.42. The fourth-order valence-corrected chi connectivity index (χ4v) is 2.20. The van der Waals surface area contributed by atoms with Gasteiger partial charge in [-0.25, -0.2) is 9.97 Å². The molecule has 0 saturated heterocycles.